The number of carbonyl (C=O) groups excluding carboxylic acids is 1. The van der Waals surface area contributed by atoms with Gasteiger partial charge in [0.25, 0.3) is 5.91 Å². The van der Waals surface area contributed by atoms with Crippen molar-refractivity contribution in [1.82, 2.24) is 0 Å². The molecule has 0 aliphatic carbocycles. The third-order valence-electron chi connectivity index (χ3n) is 4.47. The van der Waals surface area contributed by atoms with E-state index in [0.717, 1.165) is 12.1 Å². The topological polar surface area (TPSA) is 45.7 Å². The number of thiophene rings is 1. The smallest absolute Gasteiger partial charge is 0.279 e. The first-order valence-corrected chi connectivity index (χ1v) is 9.85. The van der Waals surface area contributed by atoms with Gasteiger partial charge < -0.3 is 10.6 Å². The van der Waals surface area contributed by atoms with E-state index in [4.69, 9.17) is 0 Å². The third-order valence-corrected chi connectivity index (χ3v) is 5.43. The van der Waals surface area contributed by atoms with E-state index in [1.54, 1.807) is 11.3 Å². The average Bonchev–Trinajstić information content (AvgIpc) is 3.18. The van der Waals surface area contributed by atoms with Gasteiger partial charge in [0.05, 0.1) is 4.88 Å². The van der Waals surface area contributed by atoms with Crippen LogP contribution >= 0.6 is 11.3 Å². The summed E-state index contributed by atoms with van der Waals surface area (Å²) >= 11 is 1.73. The molecular formula is C22H25N2OS+. The number of benzene rings is 2. The first kappa shape index (κ1) is 18.4. The Morgan fingerprint density at radius 2 is 1.81 bits per heavy atom. The van der Waals surface area contributed by atoms with E-state index in [0.29, 0.717) is 6.54 Å². The molecule has 0 aliphatic rings. The maximum atomic E-state index is 12.4. The van der Waals surface area contributed by atoms with Crippen molar-refractivity contribution in [2.24, 2.45) is 0 Å². The molecule has 0 bridgehead atoms. The highest BCUT2D eigenvalue weighted by atomic mass is 32.1. The molecule has 3 aromatic rings. The molecule has 0 unspecified atom stereocenters. The minimum atomic E-state index is 0.0166. The molecule has 3 N–H and O–H groups in total. The summed E-state index contributed by atoms with van der Waals surface area (Å²) in [5.74, 6) is 0.0166. The zero-order chi connectivity index (χ0) is 18.4. The third kappa shape index (κ3) is 4.81. The van der Waals surface area contributed by atoms with Gasteiger partial charge in [-0.3, -0.25) is 4.79 Å². The number of hydrogen-bond acceptors (Lipinski definition) is 2. The van der Waals surface area contributed by atoms with Crippen LogP contribution in [0, 0.1) is 6.92 Å². The van der Waals surface area contributed by atoms with E-state index in [9.17, 15) is 4.79 Å². The first-order valence-electron chi connectivity index (χ1n) is 8.98. The number of nitrogens with two attached hydrogens (primary N) is 1. The molecule has 0 radical (unpaired) electrons. The zero-order valence-corrected chi connectivity index (χ0v) is 16.1. The van der Waals surface area contributed by atoms with E-state index in [-0.39, 0.29) is 11.9 Å². The Labute approximate surface area is 159 Å². The normalized spacial score (nSPS) is 11.9. The monoisotopic (exact) mass is 365 g/mol. The van der Waals surface area contributed by atoms with Gasteiger partial charge in [0, 0.05) is 11.3 Å². The highest BCUT2D eigenvalue weighted by molar-refractivity contribution is 7.10. The first-order chi connectivity index (χ1) is 12.7. The summed E-state index contributed by atoms with van der Waals surface area (Å²) in [6, 6.07) is 20.9. The van der Waals surface area contributed by atoms with Crippen molar-refractivity contribution in [2.75, 3.05) is 11.9 Å². The molecule has 4 heteroatoms. The van der Waals surface area contributed by atoms with Crippen LogP contribution in [-0.2, 0) is 11.2 Å². The second kappa shape index (κ2) is 8.79. The van der Waals surface area contributed by atoms with Crippen LogP contribution in [0.5, 0.6) is 0 Å². The van der Waals surface area contributed by atoms with Crippen molar-refractivity contribution in [3.63, 3.8) is 0 Å². The SMILES string of the molecule is CCc1ccc(NC(=O)C[NH2+][C@@H](c2ccc(C)cc2)c2cccs2)cc1. The molecule has 1 amide bonds. The maximum Gasteiger partial charge on any atom is 0.279 e. The van der Waals surface area contributed by atoms with Crippen molar-refractivity contribution in [3.8, 4) is 0 Å². The van der Waals surface area contributed by atoms with Crippen LogP contribution in [0.1, 0.15) is 34.5 Å². The lowest BCUT2D eigenvalue weighted by molar-refractivity contribution is -0.675. The summed E-state index contributed by atoms with van der Waals surface area (Å²) in [5.41, 5.74) is 4.58. The predicted molar refractivity (Wildman–Crippen MR) is 109 cm³/mol. The summed E-state index contributed by atoms with van der Waals surface area (Å²) in [5, 5.41) is 7.17. The van der Waals surface area contributed by atoms with E-state index < -0.39 is 0 Å². The Hall–Kier alpha value is -2.43. The summed E-state index contributed by atoms with van der Waals surface area (Å²) in [6.07, 6.45) is 1.00. The van der Waals surface area contributed by atoms with Crippen molar-refractivity contribution < 1.29 is 10.1 Å². The van der Waals surface area contributed by atoms with Gasteiger partial charge in [-0.2, -0.15) is 0 Å². The molecule has 26 heavy (non-hydrogen) atoms. The Kier molecular flexibility index (Phi) is 6.21. The second-order valence-electron chi connectivity index (χ2n) is 6.44. The molecule has 1 heterocycles. The van der Waals surface area contributed by atoms with Crippen molar-refractivity contribution in [3.05, 3.63) is 87.6 Å². The lowest BCUT2D eigenvalue weighted by Gasteiger charge is -2.15. The highest BCUT2D eigenvalue weighted by Gasteiger charge is 2.20. The number of aryl methyl sites for hydroxylation is 2. The number of amides is 1. The molecule has 0 fully saturated rings. The van der Waals surface area contributed by atoms with Gasteiger partial charge in [0.2, 0.25) is 0 Å². The molecule has 1 atom stereocenters. The van der Waals surface area contributed by atoms with Gasteiger partial charge in [0.1, 0.15) is 6.04 Å². The molecular weight excluding hydrogens is 340 g/mol. The number of anilines is 1. The zero-order valence-electron chi connectivity index (χ0n) is 15.2. The van der Waals surface area contributed by atoms with Crippen LogP contribution < -0.4 is 10.6 Å². The predicted octanol–water partition coefficient (Wildman–Crippen LogP) is 3.91. The highest BCUT2D eigenvalue weighted by Crippen LogP contribution is 2.23. The molecule has 2 aromatic carbocycles. The number of carbonyl (C=O) groups is 1. The van der Waals surface area contributed by atoms with Crippen molar-refractivity contribution in [2.45, 2.75) is 26.3 Å². The summed E-state index contributed by atoms with van der Waals surface area (Å²) in [4.78, 5) is 13.6. The van der Waals surface area contributed by atoms with E-state index >= 15 is 0 Å². The minimum Gasteiger partial charge on any atom is -0.328 e. The van der Waals surface area contributed by atoms with Crippen molar-refractivity contribution in [1.29, 1.82) is 0 Å². The van der Waals surface area contributed by atoms with Gasteiger partial charge in [0.15, 0.2) is 6.54 Å². The molecule has 0 spiro atoms. The number of nitrogens with one attached hydrogen (secondary N) is 1. The van der Waals surface area contributed by atoms with Crippen molar-refractivity contribution >= 4 is 22.9 Å². The van der Waals surface area contributed by atoms with E-state index in [1.807, 2.05) is 12.1 Å². The minimum absolute atomic E-state index is 0.0166. The van der Waals surface area contributed by atoms with E-state index in [1.165, 1.54) is 21.6 Å². The molecule has 134 valence electrons. The quantitative estimate of drug-likeness (QED) is 0.655. The second-order valence-corrected chi connectivity index (χ2v) is 7.42. The van der Waals surface area contributed by atoms with Crippen LogP contribution in [0.15, 0.2) is 66.0 Å². The molecule has 3 nitrogen and oxygen atoms in total. The molecule has 3 rings (SSSR count). The summed E-state index contributed by atoms with van der Waals surface area (Å²) in [6.45, 7) is 4.59. The molecule has 0 aliphatic heterocycles. The van der Waals surface area contributed by atoms with Crippen LogP contribution in [0.3, 0.4) is 0 Å². The Morgan fingerprint density at radius 3 is 2.42 bits per heavy atom. The largest absolute Gasteiger partial charge is 0.328 e. The van der Waals surface area contributed by atoms with Crippen LogP contribution in [0.4, 0.5) is 5.69 Å². The summed E-state index contributed by atoms with van der Waals surface area (Å²) < 4.78 is 0. The molecule has 1 aromatic heterocycles. The van der Waals surface area contributed by atoms with Gasteiger partial charge >= 0.3 is 0 Å². The van der Waals surface area contributed by atoms with Crippen LogP contribution in [-0.4, -0.2) is 12.5 Å². The Balaban J connectivity index is 1.65. The molecule has 0 saturated heterocycles. The Bertz CT molecular complexity index is 824. The standard InChI is InChI=1S/C22H24N2OS/c1-3-17-8-12-19(13-9-17)24-21(25)15-23-22(20-5-4-14-26-20)18-10-6-16(2)7-11-18/h4-14,22-23H,3,15H2,1-2H3,(H,24,25)/p+1/t22-/m0/s1. The average molecular weight is 366 g/mol. The van der Waals surface area contributed by atoms with Gasteiger partial charge in [-0.1, -0.05) is 55.0 Å². The lowest BCUT2D eigenvalue weighted by Crippen LogP contribution is -2.87. The number of rotatable bonds is 7. The molecule has 0 saturated carbocycles. The van der Waals surface area contributed by atoms with Gasteiger partial charge in [-0.25, -0.2) is 0 Å². The number of quaternary nitrogens is 1. The lowest BCUT2D eigenvalue weighted by atomic mass is 10.0. The van der Waals surface area contributed by atoms with E-state index in [2.05, 4.69) is 78.4 Å². The number of hydrogen-bond donors (Lipinski definition) is 2. The van der Waals surface area contributed by atoms with Gasteiger partial charge in [-0.15, -0.1) is 11.3 Å². The Morgan fingerprint density at radius 1 is 1.08 bits per heavy atom. The maximum absolute atomic E-state index is 12.4. The van der Waals surface area contributed by atoms with Gasteiger partial charge in [-0.05, 0) is 42.5 Å². The van der Waals surface area contributed by atoms with Crippen LogP contribution in [0.25, 0.3) is 0 Å². The van der Waals surface area contributed by atoms with Crippen LogP contribution in [0.2, 0.25) is 0 Å². The summed E-state index contributed by atoms with van der Waals surface area (Å²) in [7, 11) is 0. The fourth-order valence-corrected chi connectivity index (χ4v) is 3.77. The fourth-order valence-electron chi connectivity index (χ4n) is 2.92. The fraction of sp³-hybridized carbons (Fsp3) is 0.227.